The third-order valence-electron chi connectivity index (χ3n) is 27.3. The zero-order valence-electron chi connectivity index (χ0n) is 81.9. The number of aliphatic imine (C=N–C) groups is 3. The monoisotopic (exact) mass is 1820 g/mol. The minimum absolute atomic E-state index is 0.00186. The van der Waals surface area contributed by atoms with Crippen LogP contribution in [0.5, 0.6) is 0 Å². The highest BCUT2D eigenvalue weighted by molar-refractivity contribution is 7.18. The number of Topliss-reactive ketones (excluding diaryl/α,β-unsaturated/α-hetero) is 12. The van der Waals surface area contributed by atoms with Gasteiger partial charge in [0.2, 0.25) is 0 Å². The molecule has 0 bridgehead atoms. The molecule has 6 aliphatic carbocycles. The van der Waals surface area contributed by atoms with E-state index in [4.69, 9.17) is 18.8 Å². The molecule has 6 heterocycles. The average Bonchev–Trinajstić information content (AvgIpc) is 1.82. The van der Waals surface area contributed by atoms with Crippen LogP contribution in [0.4, 0.5) is 11.4 Å². The first kappa shape index (κ1) is 102. The molecule has 7 aromatic rings. The van der Waals surface area contributed by atoms with Gasteiger partial charge in [0.15, 0.2) is 86.8 Å². The van der Waals surface area contributed by atoms with Crippen LogP contribution >= 0.6 is 11.3 Å². The molecule has 0 fully saturated rings. The summed E-state index contributed by atoms with van der Waals surface area (Å²) in [7, 11) is 0. The summed E-state index contributed by atoms with van der Waals surface area (Å²) in [5.41, 5.74) is 30.5. The summed E-state index contributed by atoms with van der Waals surface area (Å²) in [5.74, 6) is 1.53. The van der Waals surface area contributed by atoms with Gasteiger partial charge in [0.05, 0.1) is 32.8 Å². The molecule has 0 radical (unpaired) electrons. The largest absolute Gasteiger partial charge is 0.449 e. The first-order chi connectivity index (χ1) is 63.6. The lowest BCUT2D eigenvalue weighted by atomic mass is 9.83. The normalized spacial score (nSPS) is 17.1. The van der Waals surface area contributed by atoms with Crippen molar-refractivity contribution < 1.29 is 66.4 Å². The number of aryl methyl sites for hydroxylation is 7. The van der Waals surface area contributed by atoms with Gasteiger partial charge in [-0.25, -0.2) is 15.0 Å². The van der Waals surface area contributed by atoms with Gasteiger partial charge in [0, 0.05) is 189 Å². The fraction of sp³-hybridized carbons (Fsp3) is 0.381. The SMILES string of the molecule is CC1=C(C)C(=O)C(CCCC2=NC=CC2)=C(C)C1=O.CC1=C(C)C(=O)C(CCCC2=Nc3cc(C)ccc3C2)=C(C)C1=O.CC1=C(C)C(=O)C(CCCC2=Nc3cccc(C)c3C2)=C(C)C1=O.CC1=C(C)C(=O)C(CCCc2nc3ccc(C)cc3o2)=C(C)C1=O.CC1=C(C)C(=O)C(CCCc2nc3ccc(C)cc3s2)=C(C)C1=O.CC1=C(C)C(=O)C(CCCc2ncco2)=C(C)C1=O. The third kappa shape index (κ3) is 23.5. The van der Waals surface area contributed by atoms with Crippen molar-refractivity contribution in [2.45, 2.75) is 287 Å². The molecular weight excluding hydrogens is 1700 g/mol. The van der Waals surface area contributed by atoms with Crippen molar-refractivity contribution in [2.75, 3.05) is 0 Å². The van der Waals surface area contributed by atoms with Crippen LogP contribution in [0, 0.1) is 27.7 Å². The first-order valence-corrected chi connectivity index (χ1v) is 47.3. The van der Waals surface area contributed by atoms with Crippen LogP contribution in [-0.2, 0) is 89.6 Å². The van der Waals surface area contributed by atoms with Gasteiger partial charge in [0.25, 0.3) is 0 Å². The summed E-state index contributed by atoms with van der Waals surface area (Å²) in [5, 5.41) is 1.09. The summed E-state index contributed by atoms with van der Waals surface area (Å²) in [6.07, 6.45) is 23.1. The Bertz CT molecular complexity index is 6530. The summed E-state index contributed by atoms with van der Waals surface area (Å²) < 4.78 is 12.1. The molecule has 0 N–H and O–H groups in total. The quantitative estimate of drug-likeness (QED) is 0.0508. The van der Waals surface area contributed by atoms with Crippen molar-refractivity contribution in [1.29, 1.82) is 0 Å². The Hall–Kier alpha value is -12.9. The Morgan fingerprint density at radius 2 is 0.687 bits per heavy atom. The highest BCUT2D eigenvalue weighted by Crippen LogP contribution is 2.38. The van der Waals surface area contributed by atoms with Gasteiger partial charge in [0.1, 0.15) is 11.8 Å². The van der Waals surface area contributed by atoms with Crippen LogP contribution in [0.3, 0.4) is 0 Å². The molecule has 0 atom stereocenters. The highest BCUT2D eigenvalue weighted by atomic mass is 32.1. The van der Waals surface area contributed by atoms with Crippen molar-refractivity contribution in [3.05, 3.63) is 281 Å². The maximum Gasteiger partial charge on any atom is 0.195 e. The van der Waals surface area contributed by atoms with E-state index in [0.29, 0.717) is 197 Å². The Morgan fingerprint density at radius 1 is 0.321 bits per heavy atom. The number of nitrogens with zero attached hydrogens (tertiary/aromatic N) is 6. The second-order valence-electron chi connectivity index (χ2n) is 36.5. The van der Waals surface area contributed by atoms with Gasteiger partial charge in [-0.3, -0.25) is 72.5 Å². The van der Waals surface area contributed by atoms with Crippen molar-refractivity contribution in [2.24, 2.45) is 15.0 Å². The van der Waals surface area contributed by atoms with E-state index in [1.54, 1.807) is 142 Å². The molecule has 20 nitrogen and oxygen atoms in total. The van der Waals surface area contributed by atoms with Crippen molar-refractivity contribution in [3.8, 4) is 0 Å². The second-order valence-corrected chi connectivity index (χ2v) is 37.6. The Morgan fingerprint density at radius 3 is 1.10 bits per heavy atom. The highest BCUT2D eigenvalue weighted by Gasteiger charge is 2.35. The molecule has 16 rings (SSSR count). The van der Waals surface area contributed by atoms with E-state index in [1.807, 2.05) is 43.5 Å². The molecule has 0 saturated heterocycles. The fourth-order valence-corrected chi connectivity index (χ4v) is 18.9. The molecule has 9 aliphatic rings. The zero-order chi connectivity index (χ0) is 97.7. The van der Waals surface area contributed by atoms with E-state index < -0.39 is 0 Å². The first-order valence-electron chi connectivity index (χ1n) is 46.5. The molecule has 0 unspecified atom stereocenters. The standard InChI is InChI=1S/2C21H23NO2.C20H21NO3.C20H21NO2S.C16H19NO2.C15H17NO3/c1-12-7-5-10-19-18(12)11-16(22-19)8-6-9-17-15(4)20(23)13(2)14(3)21(17)24;1-12-8-9-16-11-17(22-19(16)10-12)6-5-7-18-15(4)20(23)13(2)14(3)21(18)24;2*1-11-8-9-16-17(10-11)24-18(21-16)7-5-6-15-14(4)19(22)12(2)13(3)20(15)23;1-10-11(2)16(19)14(12(3)15(10)18)8-4-6-13-7-5-9-17-13;1-9-10(2)15(18)12(11(3)14(9)17)5-4-6-13-16-7-8-19-13/h5,7,10H,6,8-9,11H2,1-4H3;8-10H,5-7,11H2,1-4H3;2*8-10H,5-7H2,1-4H3;5,9H,4,6-8H2,1-3H3;7-8H,4-6H2,1-3H3. The Labute approximate surface area is 790 Å². The minimum atomic E-state index is -0.0144. The molecule has 134 heavy (non-hydrogen) atoms. The lowest BCUT2D eigenvalue weighted by Gasteiger charge is -2.18. The zero-order valence-corrected chi connectivity index (χ0v) is 82.7. The van der Waals surface area contributed by atoms with Gasteiger partial charge in [-0.1, -0.05) is 42.5 Å². The number of aromatic nitrogens is 3. The predicted molar refractivity (Wildman–Crippen MR) is 532 cm³/mol. The number of hydrogen-bond acceptors (Lipinski definition) is 21. The third-order valence-corrected chi connectivity index (χ3v) is 28.4. The van der Waals surface area contributed by atoms with Crippen LogP contribution in [0.25, 0.3) is 21.3 Å². The number of thiazole rings is 1. The molecule has 21 heteroatoms. The molecule has 0 spiro atoms. The summed E-state index contributed by atoms with van der Waals surface area (Å²) in [6.45, 7) is 39.7. The topological polar surface area (TPSA) is 307 Å². The number of carbonyl (C=O) groups is 12. The average molecular weight is 1820 g/mol. The van der Waals surface area contributed by atoms with Crippen molar-refractivity contribution >= 4 is 131 Å². The van der Waals surface area contributed by atoms with E-state index in [1.165, 1.54) is 50.2 Å². The van der Waals surface area contributed by atoms with E-state index in [9.17, 15) is 57.5 Å². The number of carbonyl (C=O) groups excluding carboxylic acids is 12. The van der Waals surface area contributed by atoms with Crippen molar-refractivity contribution in [3.63, 3.8) is 0 Å². The number of benzene rings is 4. The van der Waals surface area contributed by atoms with Crippen LogP contribution in [-0.4, -0.2) is 101 Å². The number of allylic oxidation sites excluding steroid dienone is 25. The van der Waals surface area contributed by atoms with Gasteiger partial charge in [-0.15, -0.1) is 11.3 Å². The molecule has 4 aromatic carbocycles. The van der Waals surface area contributed by atoms with E-state index in [0.717, 1.165) is 128 Å². The summed E-state index contributed by atoms with van der Waals surface area (Å²) in [6, 6.07) is 24.8. The lowest BCUT2D eigenvalue weighted by molar-refractivity contribution is -0.116. The number of hydrogen-bond donors (Lipinski definition) is 0. The number of oxazole rings is 2. The van der Waals surface area contributed by atoms with Crippen LogP contribution < -0.4 is 0 Å². The molecule has 3 aromatic heterocycles. The maximum atomic E-state index is 12.4. The number of ketones is 12. The summed E-state index contributed by atoms with van der Waals surface area (Å²) >= 11 is 1.71. The Balaban J connectivity index is 0.000000155. The molecule has 0 saturated carbocycles. The molecule has 696 valence electrons. The van der Waals surface area contributed by atoms with Gasteiger partial charge in [-0.05, 0) is 325 Å². The van der Waals surface area contributed by atoms with Gasteiger partial charge in [-0.2, -0.15) is 0 Å². The van der Waals surface area contributed by atoms with E-state index >= 15 is 0 Å². The van der Waals surface area contributed by atoms with Crippen LogP contribution in [0.1, 0.15) is 278 Å². The van der Waals surface area contributed by atoms with Crippen LogP contribution in [0.15, 0.2) is 255 Å². The predicted octanol–water partition coefficient (Wildman–Crippen LogP) is 24.3. The second kappa shape index (κ2) is 44.8. The maximum absolute atomic E-state index is 12.4. The minimum Gasteiger partial charge on any atom is -0.449 e. The smallest absolute Gasteiger partial charge is 0.195 e. The molecular formula is C113H124N6O14S. The summed E-state index contributed by atoms with van der Waals surface area (Å²) in [4.78, 5) is 174. The van der Waals surface area contributed by atoms with Crippen molar-refractivity contribution in [1.82, 2.24) is 15.0 Å². The number of fused-ring (bicyclic) bond motifs is 4. The lowest BCUT2D eigenvalue weighted by Crippen LogP contribution is -2.20. The van der Waals surface area contributed by atoms with E-state index in [2.05, 4.69) is 89.2 Å². The Kier molecular flexibility index (Phi) is 34.0. The van der Waals surface area contributed by atoms with Gasteiger partial charge < -0.3 is 8.83 Å². The fourth-order valence-electron chi connectivity index (χ4n) is 17.8. The molecule has 3 aliphatic heterocycles. The van der Waals surface area contributed by atoms with E-state index in [-0.39, 0.29) is 69.4 Å². The van der Waals surface area contributed by atoms with Gasteiger partial charge >= 0.3 is 0 Å². The molecule has 0 amide bonds. The number of rotatable bonds is 24. The van der Waals surface area contributed by atoms with Crippen LogP contribution in [0.2, 0.25) is 0 Å².